The molecule has 3 N–H and O–H groups in total. The highest BCUT2D eigenvalue weighted by atomic mass is 19.1. The van der Waals surface area contributed by atoms with E-state index in [1.54, 1.807) is 6.07 Å². The second-order valence-corrected chi connectivity index (χ2v) is 4.32. The van der Waals surface area contributed by atoms with E-state index in [-0.39, 0.29) is 5.91 Å². The third kappa shape index (κ3) is 3.10. The maximum Gasteiger partial charge on any atom is 0.251 e. The van der Waals surface area contributed by atoms with Crippen molar-refractivity contribution in [2.24, 2.45) is 0 Å². The molecule has 0 spiro atoms. The van der Waals surface area contributed by atoms with Crippen molar-refractivity contribution in [3.05, 3.63) is 65.0 Å². The molecule has 19 heavy (non-hydrogen) atoms. The summed E-state index contributed by atoms with van der Waals surface area (Å²) in [5, 5.41) is 2.75. The molecule has 0 aliphatic heterocycles. The molecular formula is C15H15FN2O. The first kappa shape index (κ1) is 13.1. The zero-order valence-electron chi connectivity index (χ0n) is 10.6. The molecule has 2 rings (SSSR count). The second kappa shape index (κ2) is 5.52. The highest BCUT2D eigenvalue weighted by molar-refractivity contribution is 5.94. The quantitative estimate of drug-likeness (QED) is 0.831. The van der Waals surface area contributed by atoms with Gasteiger partial charge >= 0.3 is 0 Å². The molecule has 0 saturated heterocycles. The number of carbonyl (C=O) groups excluding carboxylic acids is 1. The van der Waals surface area contributed by atoms with Crippen LogP contribution in [0.15, 0.2) is 42.5 Å². The molecule has 98 valence electrons. The Bertz CT molecular complexity index is 611. The molecule has 1 amide bonds. The van der Waals surface area contributed by atoms with Gasteiger partial charge in [-0.25, -0.2) is 4.39 Å². The summed E-state index contributed by atoms with van der Waals surface area (Å²) in [6, 6.07) is 11.2. The van der Waals surface area contributed by atoms with E-state index < -0.39 is 5.82 Å². The van der Waals surface area contributed by atoms with Crippen LogP contribution in [-0.4, -0.2) is 5.91 Å². The Hall–Kier alpha value is -2.36. The number of hydrogen-bond donors (Lipinski definition) is 2. The Morgan fingerprint density at radius 3 is 2.74 bits per heavy atom. The third-order valence-corrected chi connectivity index (χ3v) is 3.01. The van der Waals surface area contributed by atoms with Crippen molar-refractivity contribution in [1.29, 1.82) is 0 Å². The molecule has 0 saturated carbocycles. The zero-order valence-corrected chi connectivity index (χ0v) is 10.6. The highest BCUT2D eigenvalue weighted by Gasteiger charge is 2.07. The van der Waals surface area contributed by atoms with E-state index in [1.165, 1.54) is 18.2 Å². The van der Waals surface area contributed by atoms with E-state index in [4.69, 9.17) is 5.73 Å². The number of hydrogen-bond acceptors (Lipinski definition) is 2. The smallest absolute Gasteiger partial charge is 0.251 e. The SMILES string of the molecule is Cc1c(N)cccc1CNC(=O)c1cccc(F)c1. The molecule has 0 unspecified atom stereocenters. The Morgan fingerprint density at radius 1 is 1.26 bits per heavy atom. The predicted octanol–water partition coefficient (Wildman–Crippen LogP) is 2.65. The second-order valence-electron chi connectivity index (χ2n) is 4.32. The van der Waals surface area contributed by atoms with E-state index in [0.717, 1.165) is 11.1 Å². The van der Waals surface area contributed by atoms with Gasteiger partial charge in [0.1, 0.15) is 5.82 Å². The van der Waals surface area contributed by atoms with Crippen LogP contribution in [0, 0.1) is 12.7 Å². The van der Waals surface area contributed by atoms with Crippen LogP contribution in [0.25, 0.3) is 0 Å². The lowest BCUT2D eigenvalue weighted by Gasteiger charge is -2.09. The van der Waals surface area contributed by atoms with Gasteiger partial charge in [0, 0.05) is 17.8 Å². The van der Waals surface area contributed by atoms with E-state index >= 15 is 0 Å². The minimum atomic E-state index is -0.423. The van der Waals surface area contributed by atoms with Gasteiger partial charge in [-0.05, 0) is 42.3 Å². The van der Waals surface area contributed by atoms with Crippen molar-refractivity contribution in [2.75, 3.05) is 5.73 Å². The van der Waals surface area contributed by atoms with Crippen molar-refractivity contribution in [2.45, 2.75) is 13.5 Å². The van der Waals surface area contributed by atoms with Crippen molar-refractivity contribution in [3.8, 4) is 0 Å². The van der Waals surface area contributed by atoms with Gasteiger partial charge in [-0.3, -0.25) is 4.79 Å². The van der Waals surface area contributed by atoms with Crippen LogP contribution >= 0.6 is 0 Å². The van der Waals surface area contributed by atoms with E-state index in [9.17, 15) is 9.18 Å². The van der Waals surface area contributed by atoms with Crippen LogP contribution < -0.4 is 11.1 Å². The topological polar surface area (TPSA) is 55.1 Å². The molecule has 2 aromatic carbocycles. The number of rotatable bonds is 3. The number of amides is 1. The van der Waals surface area contributed by atoms with E-state index in [2.05, 4.69) is 5.32 Å². The Kier molecular flexibility index (Phi) is 3.80. The summed E-state index contributed by atoms with van der Waals surface area (Å²) in [6.07, 6.45) is 0. The molecule has 0 bridgehead atoms. The molecule has 0 radical (unpaired) electrons. The van der Waals surface area contributed by atoms with Crippen molar-refractivity contribution < 1.29 is 9.18 Å². The predicted molar refractivity (Wildman–Crippen MR) is 73.2 cm³/mol. The van der Waals surface area contributed by atoms with Crippen molar-refractivity contribution in [1.82, 2.24) is 5.32 Å². The summed E-state index contributed by atoms with van der Waals surface area (Å²) >= 11 is 0. The number of anilines is 1. The first-order chi connectivity index (χ1) is 9.08. The average molecular weight is 258 g/mol. The lowest BCUT2D eigenvalue weighted by Crippen LogP contribution is -2.23. The molecule has 2 aromatic rings. The number of benzene rings is 2. The molecule has 0 aromatic heterocycles. The number of halogens is 1. The number of nitrogen functional groups attached to an aromatic ring is 1. The number of nitrogens with one attached hydrogen (secondary N) is 1. The molecule has 0 heterocycles. The molecule has 3 nitrogen and oxygen atoms in total. The highest BCUT2D eigenvalue weighted by Crippen LogP contribution is 2.15. The maximum atomic E-state index is 13.0. The van der Waals surface area contributed by atoms with Crippen molar-refractivity contribution in [3.63, 3.8) is 0 Å². The van der Waals surface area contributed by atoms with Gasteiger partial charge in [-0.1, -0.05) is 18.2 Å². The monoisotopic (exact) mass is 258 g/mol. The average Bonchev–Trinajstić information content (AvgIpc) is 2.40. The summed E-state index contributed by atoms with van der Waals surface area (Å²) in [7, 11) is 0. The van der Waals surface area contributed by atoms with Gasteiger partial charge in [0.15, 0.2) is 0 Å². The Labute approximate surface area is 111 Å². The molecule has 4 heteroatoms. The lowest BCUT2D eigenvalue weighted by molar-refractivity contribution is 0.0950. The van der Waals surface area contributed by atoms with Gasteiger partial charge in [-0.15, -0.1) is 0 Å². The van der Waals surface area contributed by atoms with Crippen molar-refractivity contribution >= 4 is 11.6 Å². The standard InChI is InChI=1S/C15H15FN2O/c1-10-12(5-3-7-14(10)17)9-18-15(19)11-4-2-6-13(16)8-11/h2-8H,9,17H2,1H3,(H,18,19). The molecule has 0 aliphatic carbocycles. The molecule has 0 aliphatic rings. The van der Waals surface area contributed by atoms with Gasteiger partial charge in [0.2, 0.25) is 0 Å². The minimum Gasteiger partial charge on any atom is -0.399 e. The van der Waals surface area contributed by atoms with Crippen LogP contribution in [0.3, 0.4) is 0 Å². The molecule has 0 fully saturated rings. The molecule has 0 atom stereocenters. The Morgan fingerprint density at radius 2 is 2.00 bits per heavy atom. The fourth-order valence-electron chi connectivity index (χ4n) is 1.80. The van der Waals surface area contributed by atoms with Crippen LogP contribution in [0.5, 0.6) is 0 Å². The van der Waals surface area contributed by atoms with Gasteiger partial charge < -0.3 is 11.1 Å². The summed E-state index contributed by atoms with van der Waals surface area (Å²) in [4.78, 5) is 11.9. The zero-order chi connectivity index (χ0) is 13.8. The summed E-state index contributed by atoms with van der Waals surface area (Å²) < 4.78 is 13.0. The third-order valence-electron chi connectivity index (χ3n) is 3.01. The summed E-state index contributed by atoms with van der Waals surface area (Å²) in [5.74, 6) is -0.728. The van der Waals surface area contributed by atoms with Crippen LogP contribution in [0.2, 0.25) is 0 Å². The Balaban J connectivity index is 2.07. The van der Waals surface area contributed by atoms with Crippen LogP contribution in [-0.2, 0) is 6.54 Å². The molecular weight excluding hydrogens is 243 g/mol. The maximum absolute atomic E-state index is 13.0. The van der Waals surface area contributed by atoms with Crippen LogP contribution in [0.1, 0.15) is 21.5 Å². The fraction of sp³-hybridized carbons (Fsp3) is 0.133. The van der Waals surface area contributed by atoms with E-state index in [0.29, 0.717) is 17.8 Å². The lowest BCUT2D eigenvalue weighted by atomic mass is 10.1. The van der Waals surface area contributed by atoms with Gasteiger partial charge in [0.25, 0.3) is 5.91 Å². The van der Waals surface area contributed by atoms with E-state index in [1.807, 2.05) is 25.1 Å². The minimum absolute atomic E-state index is 0.304. The van der Waals surface area contributed by atoms with Crippen LogP contribution in [0.4, 0.5) is 10.1 Å². The fourth-order valence-corrected chi connectivity index (χ4v) is 1.80. The first-order valence-electron chi connectivity index (χ1n) is 5.95. The largest absolute Gasteiger partial charge is 0.399 e. The number of carbonyl (C=O) groups is 1. The summed E-state index contributed by atoms with van der Waals surface area (Å²) in [5.41, 5.74) is 8.69. The van der Waals surface area contributed by atoms with Gasteiger partial charge in [-0.2, -0.15) is 0 Å². The first-order valence-corrected chi connectivity index (χ1v) is 5.95. The summed E-state index contributed by atoms with van der Waals surface area (Å²) in [6.45, 7) is 2.27. The number of nitrogens with two attached hydrogens (primary N) is 1. The van der Waals surface area contributed by atoms with Gasteiger partial charge in [0.05, 0.1) is 0 Å². The normalized spacial score (nSPS) is 10.2.